The summed E-state index contributed by atoms with van der Waals surface area (Å²) < 4.78 is 1.76. The molecule has 2 heterocycles. The lowest BCUT2D eigenvalue weighted by Gasteiger charge is -2.11. The first-order chi connectivity index (χ1) is 10.1. The van der Waals surface area contributed by atoms with Crippen molar-refractivity contribution in [2.45, 2.75) is 45.6 Å². The summed E-state index contributed by atoms with van der Waals surface area (Å²) in [6, 6.07) is 0. The number of hydrogen-bond acceptors (Lipinski definition) is 4. The molecule has 0 radical (unpaired) electrons. The Morgan fingerprint density at radius 2 is 2.00 bits per heavy atom. The van der Waals surface area contributed by atoms with E-state index in [-0.39, 0.29) is 4.64 Å². The van der Waals surface area contributed by atoms with Gasteiger partial charge in [0.25, 0.3) is 5.56 Å². The van der Waals surface area contributed by atoms with E-state index in [1.54, 1.807) is 0 Å². The molecule has 0 aliphatic heterocycles. The van der Waals surface area contributed by atoms with Gasteiger partial charge >= 0.3 is 5.69 Å². The van der Waals surface area contributed by atoms with Gasteiger partial charge in [0.05, 0.1) is 0 Å². The lowest BCUT2D eigenvalue weighted by atomic mass is 10.0. The monoisotopic (exact) mass is 306 g/mol. The topological polar surface area (TPSA) is 83.5 Å². The Hall–Kier alpha value is -1.76. The van der Waals surface area contributed by atoms with Crippen molar-refractivity contribution in [3.63, 3.8) is 0 Å². The number of hydrogen-bond donors (Lipinski definition) is 2. The Morgan fingerprint density at radius 1 is 1.29 bits per heavy atom. The number of H-pyrrole nitrogens is 2. The van der Waals surface area contributed by atoms with Crippen LogP contribution in [-0.2, 0) is 13.0 Å². The predicted octanol–water partition coefficient (Wildman–Crippen LogP) is 1.89. The lowest BCUT2D eigenvalue weighted by Crippen LogP contribution is -2.31. The Morgan fingerprint density at radius 3 is 2.67 bits per heavy atom. The summed E-state index contributed by atoms with van der Waals surface area (Å²) in [5.74, 6) is 1.39. The van der Waals surface area contributed by atoms with Crippen LogP contribution in [-0.4, -0.2) is 19.5 Å². The molecule has 0 spiro atoms. The number of fused-ring (bicyclic) bond motifs is 1. The molecule has 21 heavy (non-hydrogen) atoms. The van der Waals surface area contributed by atoms with Crippen LogP contribution in [0.25, 0.3) is 11.0 Å². The summed E-state index contributed by atoms with van der Waals surface area (Å²) >= 11 is 5.25. The van der Waals surface area contributed by atoms with E-state index in [1.165, 1.54) is 30.3 Å². The van der Waals surface area contributed by atoms with Crippen molar-refractivity contribution >= 4 is 23.3 Å². The van der Waals surface area contributed by atoms with Crippen LogP contribution in [0.3, 0.4) is 0 Å². The Balaban J connectivity index is 2.19. The average molecular weight is 306 g/mol. The van der Waals surface area contributed by atoms with Gasteiger partial charge in [-0.3, -0.25) is 14.3 Å². The molecule has 2 N–H and O–H groups in total. The van der Waals surface area contributed by atoms with Crippen molar-refractivity contribution < 1.29 is 0 Å². The van der Waals surface area contributed by atoms with Gasteiger partial charge in [0.15, 0.2) is 0 Å². The molecule has 112 valence electrons. The maximum atomic E-state index is 11.9. The molecule has 0 bridgehead atoms. The average Bonchev–Trinajstić information content (AvgIpc) is 2.91. The van der Waals surface area contributed by atoms with Gasteiger partial charge in [-0.15, -0.1) is 0 Å². The predicted molar refractivity (Wildman–Crippen MR) is 83.1 cm³/mol. The van der Waals surface area contributed by atoms with Crippen LogP contribution >= 0.6 is 12.2 Å². The second-order valence-electron chi connectivity index (χ2n) is 5.57. The van der Waals surface area contributed by atoms with E-state index >= 15 is 0 Å². The maximum Gasteiger partial charge on any atom is 0.329 e. The molecule has 7 heteroatoms. The third kappa shape index (κ3) is 2.57. The van der Waals surface area contributed by atoms with Crippen LogP contribution in [0.2, 0.25) is 0 Å². The second kappa shape index (κ2) is 5.55. The molecule has 0 amide bonds. The molecule has 1 aliphatic carbocycles. The van der Waals surface area contributed by atoms with E-state index < -0.39 is 11.2 Å². The summed E-state index contributed by atoms with van der Waals surface area (Å²) in [5, 5.41) is 0.293. The quantitative estimate of drug-likeness (QED) is 0.848. The maximum absolute atomic E-state index is 11.9. The number of aromatic amines is 2. The fourth-order valence-corrected chi connectivity index (χ4v) is 3.43. The second-order valence-corrected chi connectivity index (χ2v) is 5.96. The standard InChI is InChI=1S/C14H18N4O2S/c1-2-18-11-10(12(19)17-14(18)20)13(21)16-9(15-11)7-8-5-3-4-6-8/h8H,2-7H2,1H3,(H,15,16,21)(H,17,19,20). The fourth-order valence-electron chi connectivity index (χ4n) is 3.13. The molecular formula is C14H18N4O2S. The highest BCUT2D eigenvalue weighted by molar-refractivity contribution is 7.71. The highest BCUT2D eigenvalue weighted by Gasteiger charge is 2.18. The van der Waals surface area contributed by atoms with E-state index in [1.807, 2.05) is 6.92 Å². The van der Waals surface area contributed by atoms with Gasteiger partial charge in [-0.25, -0.2) is 9.78 Å². The SMILES string of the molecule is CCn1c(=O)[nH]c(=O)c2c(=S)nc(CC3CCCC3)[nH]c21. The fraction of sp³-hybridized carbons (Fsp3) is 0.571. The highest BCUT2D eigenvalue weighted by Crippen LogP contribution is 2.27. The molecule has 1 fully saturated rings. The van der Waals surface area contributed by atoms with E-state index in [2.05, 4.69) is 15.0 Å². The van der Waals surface area contributed by atoms with Crippen molar-refractivity contribution in [1.82, 2.24) is 19.5 Å². The zero-order chi connectivity index (χ0) is 15.0. The third-order valence-electron chi connectivity index (χ3n) is 4.19. The van der Waals surface area contributed by atoms with Gasteiger partial charge in [-0.2, -0.15) is 0 Å². The van der Waals surface area contributed by atoms with E-state index in [0.29, 0.717) is 23.5 Å². The van der Waals surface area contributed by atoms with Crippen molar-refractivity contribution in [3.8, 4) is 0 Å². The Bertz CT molecular complexity index is 843. The Kier molecular flexibility index (Phi) is 3.75. The molecule has 2 aromatic heterocycles. The number of nitrogens with one attached hydrogen (secondary N) is 2. The zero-order valence-electron chi connectivity index (χ0n) is 11.9. The molecule has 1 aliphatic rings. The highest BCUT2D eigenvalue weighted by atomic mass is 32.1. The van der Waals surface area contributed by atoms with Crippen LogP contribution < -0.4 is 11.2 Å². The lowest BCUT2D eigenvalue weighted by molar-refractivity contribution is 0.530. The summed E-state index contributed by atoms with van der Waals surface area (Å²) in [7, 11) is 0. The molecule has 0 saturated heterocycles. The third-order valence-corrected chi connectivity index (χ3v) is 4.48. The largest absolute Gasteiger partial charge is 0.329 e. The van der Waals surface area contributed by atoms with E-state index in [4.69, 9.17) is 12.2 Å². The minimum Gasteiger partial charge on any atom is -0.329 e. The minimum atomic E-state index is -0.471. The number of aromatic nitrogens is 4. The first kappa shape index (κ1) is 14.2. The van der Waals surface area contributed by atoms with Crippen LogP contribution in [0.15, 0.2) is 9.59 Å². The summed E-state index contributed by atoms with van der Waals surface area (Å²) in [5.41, 5.74) is -0.404. The van der Waals surface area contributed by atoms with Crippen LogP contribution in [0.4, 0.5) is 0 Å². The number of rotatable bonds is 3. The zero-order valence-corrected chi connectivity index (χ0v) is 12.8. The van der Waals surface area contributed by atoms with Gasteiger partial charge in [0.2, 0.25) is 0 Å². The molecule has 3 rings (SSSR count). The van der Waals surface area contributed by atoms with Crippen LogP contribution in [0, 0.1) is 10.6 Å². The molecule has 0 unspecified atom stereocenters. The molecular weight excluding hydrogens is 288 g/mol. The number of nitrogens with zero attached hydrogens (tertiary/aromatic N) is 2. The first-order valence-corrected chi connectivity index (χ1v) is 7.77. The summed E-state index contributed by atoms with van der Waals surface area (Å²) in [6.45, 7) is 2.32. The van der Waals surface area contributed by atoms with Crippen molar-refractivity contribution in [2.75, 3.05) is 0 Å². The van der Waals surface area contributed by atoms with Crippen LogP contribution in [0.1, 0.15) is 38.4 Å². The first-order valence-electron chi connectivity index (χ1n) is 7.36. The van der Waals surface area contributed by atoms with Crippen molar-refractivity contribution in [2.24, 2.45) is 5.92 Å². The van der Waals surface area contributed by atoms with Crippen LogP contribution in [0.5, 0.6) is 0 Å². The van der Waals surface area contributed by atoms with Crippen molar-refractivity contribution in [1.29, 1.82) is 0 Å². The van der Waals surface area contributed by atoms with Gasteiger partial charge in [0.1, 0.15) is 21.5 Å². The van der Waals surface area contributed by atoms with Gasteiger partial charge in [-0.1, -0.05) is 37.9 Å². The summed E-state index contributed by atoms with van der Waals surface area (Å²) in [6.07, 6.45) is 5.76. The molecule has 0 atom stereocenters. The van der Waals surface area contributed by atoms with Gasteiger partial charge in [0, 0.05) is 13.0 Å². The van der Waals surface area contributed by atoms with Gasteiger partial charge in [-0.05, 0) is 12.8 Å². The molecule has 6 nitrogen and oxygen atoms in total. The van der Waals surface area contributed by atoms with E-state index in [9.17, 15) is 9.59 Å². The Labute approximate surface area is 126 Å². The van der Waals surface area contributed by atoms with E-state index in [0.717, 1.165) is 12.2 Å². The molecule has 0 aromatic carbocycles. The van der Waals surface area contributed by atoms with Crippen molar-refractivity contribution in [3.05, 3.63) is 31.3 Å². The summed E-state index contributed by atoms with van der Waals surface area (Å²) in [4.78, 5) is 33.6. The molecule has 2 aromatic rings. The minimum absolute atomic E-state index is 0.264. The smallest absolute Gasteiger partial charge is 0.329 e. The number of aryl methyl sites for hydroxylation is 1. The normalized spacial score (nSPS) is 15.9. The molecule has 1 saturated carbocycles. The van der Waals surface area contributed by atoms with Gasteiger partial charge < -0.3 is 4.98 Å².